The summed E-state index contributed by atoms with van der Waals surface area (Å²) >= 11 is 7.26. The highest BCUT2D eigenvalue weighted by Gasteiger charge is 2.14. The number of hydrogen-bond donors (Lipinski definition) is 1. The van der Waals surface area contributed by atoms with Crippen LogP contribution in [0.25, 0.3) is 11.3 Å². The summed E-state index contributed by atoms with van der Waals surface area (Å²) in [6.45, 7) is 0.811. The number of hydrogen-bond acceptors (Lipinski definition) is 3. The predicted molar refractivity (Wildman–Crippen MR) is 102 cm³/mol. The molecule has 6 heteroatoms. The molecule has 0 aliphatic heterocycles. The fourth-order valence-corrected chi connectivity index (χ4v) is 3.91. The van der Waals surface area contributed by atoms with E-state index in [1.54, 1.807) is 0 Å². The maximum Gasteiger partial charge on any atom is 0.313 e. The van der Waals surface area contributed by atoms with Crippen molar-refractivity contribution in [3.05, 3.63) is 47.1 Å². The molecule has 0 spiro atoms. The molecule has 0 saturated carbocycles. The summed E-state index contributed by atoms with van der Waals surface area (Å²) in [6.07, 6.45) is 10.0. The topological polar surface area (TPSA) is 55.1 Å². The molecule has 1 aromatic heterocycles. The van der Waals surface area contributed by atoms with E-state index in [0.717, 1.165) is 29.4 Å². The summed E-state index contributed by atoms with van der Waals surface area (Å²) in [5.74, 6) is -0.817. The quantitative estimate of drug-likeness (QED) is 0.528. The van der Waals surface area contributed by atoms with Crippen molar-refractivity contribution in [1.29, 1.82) is 0 Å². The van der Waals surface area contributed by atoms with Crippen molar-refractivity contribution >= 4 is 29.3 Å². The third-order valence-electron chi connectivity index (χ3n) is 4.33. The molecule has 0 unspecified atom stereocenters. The van der Waals surface area contributed by atoms with Gasteiger partial charge in [0.15, 0.2) is 5.16 Å². The van der Waals surface area contributed by atoms with Gasteiger partial charge in [-0.2, -0.15) is 0 Å². The second kappa shape index (κ2) is 8.59. The fourth-order valence-electron chi connectivity index (χ4n) is 3.05. The number of halogens is 1. The number of carbonyl (C=O) groups is 1. The maximum atomic E-state index is 10.9. The Morgan fingerprint density at radius 1 is 1.28 bits per heavy atom. The second-order valence-electron chi connectivity index (χ2n) is 6.13. The average molecular weight is 377 g/mol. The van der Waals surface area contributed by atoms with Gasteiger partial charge in [0.05, 0.1) is 17.6 Å². The fraction of sp³-hybridized carbons (Fsp3) is 0.368. The van der Waals surface area contributed by atoms with Crippen molar-refractivity contribution in [2.75, 3.05) is 5.75 Å². The van der Waals surface area contributed by atoms with Gasteiger partial charge in [0.1, 0.15) is 0 Å². The Hall–Kier alpha value is -1.72. The van der Waals surface area contributed by atoms with E-state index in [9.17, 15) is 4.79 Å². The molecule has 2 aromatic rings. The summed E-state index contributed by atoms with van der Waals surface area (Å²) in [6, 6.07) is 7.67. The first-order valence-corrected chi connectivity index (χ1v) is 9.84. The third kappa shape index (κ3) is 4.89. The lowest BCUT2D eigenvalue weighted by molar-refractivity contribution is -0.133. The number of rotatable bonds is 7. The highest BCUT2D eigenvalue weighted by Crippen LogP contribution is 2.29. The van der Waals surface area contributed by atoms with Gasteiger partial charge in [0.25, 0.3) is 0 Å². The Morgan fingerprint density at radius 3 is 2.76 bits per heavy atom. The molecule has 0 fully saturated rings. The van der Waals surface area contributed by atoms with Crippen LogP contribution in [-0.4, -0.2) is 26.4 Å². The number of benzene rings is 1. The Bertz CT molecular complexity index is 768. The van der Waals surface area contributed by atoms with Crippen LogP contribution < -0.4 is 0 Å². The highest BCUT2D eigenvalue weighted by molar-refractivity contribution is 7.99. The number of aliphatic carboxylic acids is 1. The monoisotopic (exact) mass is 376 g/mol. The summed E-state index contributed by atoms with van der Waals surface area (Å²) < 4.78 is 2.13. The van der Waals surface area contributed by atoms with Crippen molar-refractivity contribution in [3.63, 3.8) is 0 Å². The zero-order chi connectivity index (χ0) is 17.6. The van der Waals surface area contributed by atoms with Crippen molar-refractivity contribution in [3.8, 4) is 11.3 Å². The van der Waals surface area contributed by atoms with E-state index in [2.05, 4.69) is 15.6 Å². The van der Waals surface area contributed by atoms with E-state index in [-0.39, 0.29) is 5.75 Å². The first kappa shape index (κ1) is 18.1. The number of carboxylic acids is 1. The van der Waals surface area contributed by atoms with Crippen LogP contribution in [0.1, 0.15) is 32.1 Å². The van der Waals surface area contributed by atoms with Crippen LogP contribution in [0, 0.1) is 0 Å². The number of thioether (sulfide) groups is 1. The zero-order valence-corrected chi connectivity index (χ0v) is 15.5. The molecule has 3 rings (SSSR count). The van der Waals surface area contributed by atoms with Crippen LogP contribution in [0.3, 0.4) is 0 Å². The van der Waals surface area contributed by atoms with Crippen LogP contribution in [0.15, 0.2) is 47.3 Å². The molecule has 0 atom stereocenters. The summed E-state index contributed by atoms with van der Waals surface area (Å²) in [4.78, 5) is 15.4. The first-order valence-electron chi connectivity index (χ1n) is 8.47. The minimum Gasteiger partial charge on any atom is -0.481 e. The van der Waals surface area contributed by atoms with Gasteiger partial charge in [0, 0.05) is 11.6 Å². The summed E-state index contributed by atoms with van der Waals surface area (Å²) in [5.41, 5.74) is 3.54. The van der Waals surface area contributed by atoms with Crippen molar-refractivity contribution in [2.24, 2.45) is 0 Å². The average Bonchev–Trinajstić information content (AvgIpc) is 3.02. The van der Waals surface area contributed by atoms with E-state index >= 15 is 0 Å². The number of nitrogens with zero attached hydrogens (tertiary/aromatic N) is 2. The lowest BCUT2D eigenvalue weighted by Crippen LogP contribution is -2.06. The van der Waals surface area contributed by atoms with Crippen molar-refractivity contribution in [1.82, 2.24) is 9.55 Å². The lowest BCUT2D eigenvalue weighted by Gasteiger charge is -2.16. The molecule has 1 N–H and O–H groups in total. The Labute approximate surface area is 156 Å². The predicted octanol–water partition coefficient (Wildman–Crippen LogP) is 5.27. The molecular weight excluding hydrogens is 356 g/mol. The van der Waals surface area contributed by atoms with Crippen LogP contribution in [-0.2, 0) is 11.3 Å². The standard InChI is InChI=1S/C19H21ClN2O2S/c20-16-8-6-15(7-9-16)17-12-21-19(25-13-18(23)24)22(17)11-10-14-4-2-1-3-5-14/h4,6-9,12H,1-3,5,10-11,13H2,(H,23,24). The zero-order valence-electron chi connectivity index (χ0n) is 13.9. The van der Waals surface area contributed by atoms with Gasteiger partial charge in [-0.15, -0.1) is 0 Å². The van der Waals surface area contributed by atoms with Crippen LogP contribution in [0.4, 0.5) is 0 Å². The molecular formula is C19H21ClN2O2S. The molecule has 0 amide bonds. The van der Waals surface area contributed by atoms with E-state index in [0.29, 0.717) is 5.02 Å². The molecule has 0 radical (unpaired) electrons. The molecule has 1 aliphatic rings. The van der Waals surface area contributed by atoms with Crippen LogP contribution >= 0.6 is 23.4 Å². The first-order chi connectivity index (χ1) is 12.1. The maximum absolute atomic E-state index is 10.9. The molecule has 1 heterocycles. The van der Waals surface area contributed by atoms with E-state index in [1.165, 1.54) is 43.0 Å². The normalized spacial score (nSPS) is 14.4. The van der Waals surface area contributed by atoms with Gasteiger partial charge in [-0.05, 0) is 49.8 Å². The van der Waals surface area contributed by atoms with Crippen molar-refractivity contribution in [2.45, 2.75) is 43.8 Å². The SMILES string of the molecule is O=C(O)CSc1ncc(-c2ccc(Cl)cc2)n1CCC1=CCCCC1. The van der Waals surface area contributed by atoms with Gasteiger partial charge in [-0.1, -0.05) is 47.1 Å². The number of allylic oxidation sites excluding steroid dienone is 2. The minimum absolute atomic E-state index is 0.0137. The minimum atomic E-state index is -0.831. The molecule has 4 nitrogen and oxygen atoms in total. The summed E-state index contributed by atoms with van der Waals surface area (Å²) in [7, 11) is 0. The number of carboxylic acid groups (broad SMARTS) is 1. The Kier molecular flexibility index (Phi) is 6.21. The molecule has 132 valence electrons. The van der Waals surface area contributed by atoms with E-state index < -0.39 is 5.97 Å². The summed E-state index contributed by atoms with van der Waals surface area (Å²) in [5, 5.41) is 10.4. The Morgan fingerprint density at radius 2 is 2.08 bits per heavy atom. The van der Waals surface area contributed by atoms with Crippen LogP contribution in [0.2, 0.25) is 5.02 Å². The Balaban J connectivity index is 1.84. The lowest BCUT2D eigenvalue weighted by atomic mass is 9.97. The van der Waals surface area contributed by atoms with Gasteiger partial charge < -0.3 is 9.67 Å². The molecule has 0 bridgehead atoms. The largest absolute Gasteiger partial charge is 0.481 e. The molecule has 1 aliphatic carbocycles. The highest BCUT2D eigenvalue weighted by atomic mass is 35.5. The van der Waals surface area contributed by atoms with Gasteiger partial charge >= 0.3 is 5.97 Å². The van der Waals surface area contributed by atoms with Crippen LogP contribution in [0.5, 0.6) is 0 Å². The third-order valence-corrected chi connectivity index (χ3v) is 5.55. The van der Waals surface area contributed by atoms with E-state index in [4.69, 9.17) is 16.7 Å². The van der Waals surface area contributed by atoms with Gasteiger partial charge in [-0.3, -0.25) is 4.79 Å². The van der Waals surface area contributed by atoms with E-state index in [1.807, 2.05) is 30.5 Å². The molecule has 1 aromatic carbocycles. The number of aromatic nitrogens is 2. The molecule has 25 heavy (non-hydrogen) atoms. The smallest absolute Gasteiger partial charge is 0.313 e. The molecule has 0 saturated heterocycles. The van der Waals surface area contributed by atoms with Crippen molar-refractivity contribution < 1.29 is 9.90 Å². The van der Waals surface area contributed by atoms with Gasteiger partial charge in [-0.25, -0.2) is 4.98 Å². The number of imidazole rings is 1. The van der Waals surface area contributed by atoms with Gasteiger partial charge in [0.2, 0.25) is 0 Å². The second-order valence-corrected chi connectivity index (χ2v) is 7.50.